The van der Waals surface area contributed by atoms with Crippen molar-refractivity contribution in [2.75, 3.05) is 0 Å². The fourth-order valence-corrected chi connectivity index (χ4v) is 3.24. The summed E-state index contributed by atoms with van der Waals surface area (Å²) in [4.78, 5) is 33.1. The van der Waals surface area contributed by atoms with E-state index in [-0.39, 0.29) is 5.69 Å². The smallest absolute Gasteiger partial charge is 0.223 e. The van der Waals surface area contributed by atoms with Gasteiger partial charge < -0.3 is 20.3 Å². The van der Waals surface area contributed by atoms with Crippen molar-refractivity contribution < 1.29 is 64.3 Å². The van der Waals surface area contributed by atoms with Crippen molar-refractivity contribution in [3.8, 4) is 0 Å². The van der Waals surface area contributed by atoms with Crippen LogP contribution in [0, 0.1) is 24.1 Å². The van der Waals surface area contributed by atoms with Gasteiger partial charge in [-0.2, -0.15) is 0 Å². The van der Waals surface area contributed by atoms with Crippen LogP contribution in [0.1, 0.15) is 124 Å². The van der Waals surface area contributed by atoms with Crippen molar-refractivity contribution in [3.05, 3.63) is 21.7 Å². The lowest BCUT2D eigenvalue weighted by molar-refractivity contribution is -0.143. The Morgan fingerprint density at radius 2 is 2.17 bits per heavy atom. The minimum Gasteiger partial charge on any atom is -0.392 e. The van der Waals surface area contributed by atoms with Gasteiger partial charge in [-0.3, -0.25) is 9.59 Å². The summed E-state index contributed by atoms with van der Waals surface area (Å²) in [5.74, 6) is -17.5. The van der Waals surface area contributed by atoms with Crippen molar-refractivity contribution in [1.82, 2.24) is 10.3 Å². The fourth-order valence-electron chi connectivity index (χ4n) is 2.67. The van der Waals surface area contributed by atoms with Gasteiger partial charge in [-0.15, -0.1) is 11.3 Å². The lowest BCUT2D eigenvalue weighted by atomic mass is 9.72. The van der Waals surface area contributed by atoms with Crippen LogP contribution in [0.2, 0.25) is 0 Å². The molecule has 3 heterocycles. The summed E-state index contributed by atoms with van der Waals surface area (Å²) in [7, 11) is 0. The predicted molar refractivity (Wildman–Crippen MR) is 138 cm³/mol. The first kappa shape index (κ1) is 8.45. The summed E-state index contributed by atoms with van der Waals surface area (Å²) >= 11 is 0.937. The number of fused-ring (bicyclic) bond motifs is 1. The zero-order chi connectivity index (χ0) is 51.3. The van der Waals surface area contributed by atoms with Gasteiger partial charge in [-0.25, -0.2) is 4.98 Å². The number of ketones is 1. The van der Waals surface area contributed by atoms with Crippen LogP contribution in [0.25, 0.3) is 6.08 Å². The number of aliphatic hydroxyl groups is 2. The molecule has 3 N–H and O–H groups in total. The topological polar surface area (TPSA) is 112 Å². The molecule has 196 valence electrons. The number of nitrogens with zero attached hydrogens (tertiary/aromatic N) is 1. The summed E-state index contributed by atoms with van der Waals surface area (Å²) in [5.41, 5.74) is -11.1. The number of ether oxygens (including phenoxy) is 1. The summed E-state index contributed by atoms with van der Waals surface area (Å²) in [6.45, 7) is -22.6. The minimum atomic E-state index is -5.94. The molecule has 7 nitrogen and oxygen atoms in total. The number of Topliss-reactive ketones (excluding diaryl/α,β-unsaturated/α-hetero) is 1. The Kier molecular flexibility index (Phi) is 2.60. The van der Waals surface area contributed by atoms with E-state index in [1.807, 2.05) is 0 Å². The van der Waals surface area contributed by atoms with E-state index in [1.165, 1.54) is 17.6 Å². The molecule has 35 heavy (non-hydrogen) atoms. The Hall–Kier alpha value is -1.61. The highest BCUT2D eigenvalue weighted by Crippen LogP contribution is 2.44. The van der Waals surface area contributed by atoms with Crippen molar-refractivity contribution in [2.24, 2.45) is 17.2 Å². The lowest BCUT2D eigenvalue weighted by Crippen LogP contribution is -2.47. The van der Waals surface area contributed by atoms with Gasteiger partial charge >= 0.3 is 0 Å². The molecule has 0 bridgehead atoms. The highest BCUT2D eigenvalue weighted by atomic mass is 32.1. The molecule has 2 saturated heterocycles. The number of thiazole rings is 1. The Labute approximate surface area is 254 Å². The summed E-state index contributed by atoms with van der Waals surface area (Å²) in [6.07, 6.45) is -37.7. The maximum Gasteiger partial charge on any atom is 0.223 e. The molecule has 1 amide bonds. The zero-order valence-corrected chi connectivity index (χ0v) is 19.2. The molecular weight excluding hydrogens is 464 g/mol. The van der Waals surface area contributed by atoms with Crippen molar-refractivity contribution in [1.29, 1.82) is 0 Å². The Balaban J connectivity index is 2.89. The second-order valence-electron chi connectivity index (χ2n) is 7.46. The molecule has 0 unspecified atom stereocenters. The number of amides is 1. The normalized spacial score (nSPS) is 69.8. The van der Waals surface area contributed by atoms with Crippen LogP contribution < -0.4 is 5.32 Å². The Morgan fingerprint density at radius 3 is 2.80 bits per heavy atom. The number of hydrogen-bond donors (Lipinski definition) is 3. The first-order chi connectivity index (χ1) is 27.6. The highest BCUT2D eigenvalue weighted by molar-refractivity contribution is 7.09. The van der Waals surface area contributed by atoms with Crippen LogP contribution in [0.5, 0.6) is 0 Å². The predicted octanol–water partition coefficient (Wildman–Crippen LogP) is 4.05. The standard InChI is InChI=1S/C27H42N2O5S/c1-15-9-8-10-27(7)22(34-27)12-20(16(2)11-19-14-35-18(4)28-19)29-23(31)13-21(30)26(5,6)25(33)17(3)24(15)32/h11,14-15,17,20-22,24,30,32H,8-10,12-13H2,1-7H3,(H,29,31)/b16-11+/t15-,17+,20-,21-,22-,24-,27+/m0/s1/i1D3,3D3,5D3,6D3,7D3,8D2,9D2,10D2,12D2,15D,17D,20D,21D,22D,24D. The van der Waals surface area contributed by atoms with Crippen LogP contribution in [0.3, 0.4) is 0 Å². The van der Waals surface area contributed by atoms with E-state index in [9.17, 15) is 21.2 Å². The maximum absolute atomic E-state index is 15.0. The average molecular weight is 536 g/mol. The third-order valence-corrected chi connectivity index (χ3v) is 5.45. The van der Waals surface area contributed by atoms with E-state index in [2.05, 4.69) is 4.98 Å². The fraction of sp³-hybridized carbons (Fsp3) is 0.741. The number of epoxide rings is 1. The van der Waals surface area contributed by atoms with E-state index in [0.29, 0.717) is 5.01 Å². The maximum atomic E-state index is 15.0. The second kappa shape index (κ2) is 10.8. The quantitative estimate of drug-likeness (QED) is 0.493. The zero-order valence-electron chi connectivity index (χ0n) is 47.3. The van der Waals surface area contributed by atoms with Gasteiger partial charge in [0.15, 0.2) is 0 Å². The van der Waals surface area contributed by atoms with Gasteiger partial charge in [0, 0.05) is 51.9 Å². The SMILES string of the molecule is [2H]C([2H])([2H])C1(C([2H])([2H])[2H])C(=O)[C@]([2H])(C([2H])([2H])[2H])[C@@]([2H])(O)[C@@]([2H])(C([2H])([2H])[2H])C([2H])([2H])C([2H])([2H])C([2H])([2H])[C@@]2(C([2H])([2H])[2H])O[C@@]2([2H])C([2H])([2H])[C@@]([2H])(/C(C)=C/c2csc(C)n2)NC(=O)C[C@]1([2H])O. The number of rotatable bonds is 2. The molecule has 0 radical (unpaired) electrons. The molecule has 2 aliphatic heterocycles. The Bertz CT molecular complexity index is 2050. The third-order valence-electron chi connectivity index (χ3n) is 4.66. The molecule has 8 heteroatoms. The van der Waals surface area contributed by atoms with Crippen molar-refractivity contribution >= 4 is 29.1 Å². The molecule has 2 aliphatic rings. The molecule has 3 rings (SSSR count). The van der Waals surface area contributed by atoms with Gasteiger partial charge in [0.05, 0.1) is 57.9 Å². The number of aryl methyl sites for hydroxylation is 1. The van der Waals surface area contributed by atoms with Gasteiger partial charge in [-0.1, -0.05) is 33.8 Å². The molecule has 1 aromatic heterocycles. The monoisotopic (exact) mass is 535 g/mol. The van der Waals surface area contributed by atoms with Crippen LogP contribution in [-0.2, 0) is 14.3 Å². The molecule has 0 spiro atoms. The lowest BCUT2D eigenvalue weighted by Gasteiger charge is -2.34. The van der Waals surface area contributed by atoms with E-state index >= 15 is 0 Å². The molecule has 0 aliphatic carbocycles. The molecule has 2 fully saturated rings. The van der Waals surface area contributed by atoms with E-state index in [4.69, 9.17) is 43.1 Å². The molecule has 7 atom stereocenters. The molecule has 1 aromatic rings. The average Bonchev–Trinajstić information content (AvgIpc) is 3.56. The van der Waals surface area contributed by atoms with Crippen LogP contribution in [0.15, 0.2) is 11.0 Å². The first-order valence-corrected chi connectivity index (χ1v) is 10.6. The van der Waals surface area contributed by atoms with E-state index in [1.54, 1.807) is 0 Å². The number of carbonyl (C=O) groups excluding carboxylic acids is 2. The first-order valence-electron chi connectivity index (χ1n) is 24.2. The second-order valence-corrected chi connectivity index (χ2v) is 8.52. The van der Waals surface area contributed by atoms with Gasteiger partial charge in [0.1, 0.15) is 5.78 Å². The molecule has 0 saturated carbocycles. The van der Waals surface area contributed by atoms with Crippen LogP contribution in [0.4, 0.5) is 0 Å². The van der Waals surface area contributed by atoms with Crippen molar-refractivity contribution in [2.45, 2.75) is 110 Å². The number of hydrogen-bond acceptors (Lipinski definition) is 7. The van der Waals surface area contributed by atoms with E-state index < -0.39 is 130 Å². The van der Waals surface area contributed by atoms with Crippen LogP contribution >= 0.6 is 11.3 Å². The van der Waals surface area contributed by atoms with Crippen LogP contribution in [-0.4, -0.2) is 56.7 Å². The minimum absolute atomic E-state index is 0.177. The molecule has 0 aromatic carbocycles. The summed E-state index contributed by atoms with van der Waals surface area (Å²) in [5, 5.41) is 26.7. The largest absolute Gasteiger partial charge is 0.392 e. The summed E-state index contributed by atoms with van der Waals surface area (Å²) < 4.78 is 253. The third kappa shape index (κ3) is 6.59. The number of carbonyl (C=O) groups is 2. The van der Waals surface area contributed by atoms with Gasteiger partial charge in [-0.05, 0) is 51.0 Å². The Morgan fingerprint density at radius 1 is 1.37 bits per heavy atom. The van der Waals surface area contributed by atoms with E-state index in [0.717, 1.165) is 24.3 Å². The van der Waals surface area contributed by atoms with Crippen molar-refractivity contribution in [3.63, 3.8) is 0 Å². The summed E-state index contributed by atoms with van der Waals surface area (Å²) in [6, 6.07) is -3.95. The molecular formula is C27H42N2O5S. The van der Waals surface area contributed by atoms with Gasteiger partial charge in [0.25, 0.3) is 0 Å². The number of aromatic nitrogens is 1. The van der Waals surface area contributed by atoms with Gasteiger partial charge in [0.2, 0.25) is 5.91 Å². The highest BCUT2D eigenvalue weighted by Gasteiger charge is 2.52. The number of nitrogens with one attached hydrogen (secondary N) is 1.